The zero-order chi connectivity index (χ0) is 21.2. The molecule has 2 N–H and O–H groups in total. The van der Waals surface area contributed by atoms with Crippen molar-refractivity contribution >= 4 is 29.2 Å². The Kier molecular flexibility index (Phi) is 5.26. The predicted octanol–water partition coefficient (Wildman–Crippen LogP) is 2.53. The molecule has 1 aliphatic rings. The molecule has 3 rings (SSSR count). The van der Waals surface area contributed by atoms with Crippen molar-refractivity contribution < 1.29 is 23.7 Å². The summed E-state index contributed by atoms with van der Waals surface area (Å²) in [4.78, 5) is 48.6. The van der Waals surface area contributed by atoms with Crippen LogP contribution >= 0.6 is 0 Å². The van der Waals surface area contributed by atoms with E-state index < -0.39 is 40.7 Å². The number of non-ortho nitro benzene ring substituents is 1. The van der Waals surface area contributed by atoms with Crippen molar-refractivity contribution in [3.8, 4) is 0 Å². The van der Waals surface area contributed by atoms with E-state index >= 15 is 0 Å². The first-order valence-electron chi connectivity index (χ1n) is 8.71. The lowest BCUT2D eigenvalue weighted by Gasteiger charge is -2.25. The Labute approximate surface area is 164 Å². The lowest BCUT2D eigenvalue weighted by atomic mass is 9.87. The summed E-state index contributed by atoms with van der Waals surface area (Å²) in [5.41, 5.74) is -1.03. The van der Waals surface area contributed by atoms with Crippen LogP contribution in [0.15, 0.2) is 48.5 Å². The maximum Gasteiger partial charge on any atom is 0.325 e. The van der Waals surface area contributed by atoms with Crippen molar-refractivity contribution in [3.63, 3.8) is 0 Å². The molecule has 1 fully saturated rings. The number of benzene rings is 2. The number of nitro groups is 1. The minimum atomic E-state index is -1.39. The van der Waals surface area contributed by atoms with E-state index in [2.05, 4.69) is 10.6 Å². The fourth-order valence-corrected chi connectivity index (χ4v) is 3.18. The van der Waals surface area contributed by atoms with Gasteiger partial charge in [0.2, 0.25) is 5.91 Å². The Hall–Kier alpha value is -3.82. The van der Waals surface area contributed by atoms with Gasteiger partial charge >= 0.3 is 6.03 Å². The number of nitro benzene ring substituents is 1. The third kappa shape index (κ3) is 3.77. The smallest absolute Gasteiger partial charge is 0.324 e. The normalized spacial score (nSPS) is 18.5. The minimum absolute atomic E-state index is 0.163. The Morgan fingerprint density at radius 1 is 1.24 bits per heavy atom. The highest BCUT2D eigenvalue weighted by molar-refractivity contribution is 6.10. The molecule has 29 heavy (non-hydrogen) atoms. The van der Waals surface area contributed by atoms with E-state index in [1.807, 2.05) is 0 Å². The zero-order valence-corrected chi connectivity index (χ0v) is 15.3. The largest absolute Gasteiger partial charge is 0.325 e. The van der Waals surface area contributed by atoms with Crippen LogP contribution in [0, 0.1) is 15.9 Å². The molecular weight excluding hydrogens is 383 g/mol. The Morgan fingerprint density at radius 3 is 2.55 bits per heavy atom. The average molecular weight is 400 g/mol. The van der Waals surface area contributed by atoms with E-state index in [9.17, 15) is 28.9 Å². The molecule has 1 unspecified atom stereocenters. The molecule has 1 saturated heterocycles. The molecule has 10 heteroatoms. The van der Waals surface area contributed by atoms with Gasteiger partial charge in [0, 0.05) is 17.8 Å². The second-order valence-corrected chi connectivity index (χ2v) is 6.44. The first kappa shape index (κ1) is 19.9. The van der Waals surface area contributed by atoms with Gasteiger partial charge in [-0.2, -0.15) is 0 Å². The van der Waals surface area contributed by atoms with E-state index in [1.165, 1.54) is 48.5 Å². The Morgan fingerprint density at radius 2 is 1.93 bits per heavy atom. The van der Waals surface area contributed by atoms with Gasteiger partial charge in [-0.3, -0.25) is 24.6 Å². The number of carbonyl (C=O) groups is 3. The van der Waals surface area contributed by atoms with Crippen LogP contribution in [0.4, 0.5) is 20.6 Å². The van der Waals surface area contributed by atoms with Crippen LogP contribution in [-0.2, 0) is 15.1 Å². The van der Waals surface area contributed by atoms with E-state index in [1.54, 1.807) is 6.92 Å². The lowest BCUT2D eigenvalue weighted by Crippen LogP contribution is -2.44. The summed E-state index contributed by atoms with van der Waals surface area (Å²) in [6.45, 7) is 1.12. The number of anilines is 1. The first-order valence-corrected chi connectivity index (χ1v) is 8.71. The van der Waals surface area contributed by atoms with Crippen molar-refractivity contribution in [2.24, 2.45) is 0 Å². The number of hydrogen-bond acceptors (Lipinski definition) is 5. The van der Waals surface area contributed by atoms with E-state index in [0.29, 0.717) is 5.56 Å². The fraction of sp³-hybridized carbons (Fsp3) is 0.211. The number of halogens is 1. The molecule has 0 aromatic heterocycles. The molecule has 0 radical (unpaired) electrons. The lowest BCUT2D eigenvalue weighted by molar-refractivity contribution is -0.384. The maximum atomic E-state index is 13.2. The van der Waals surface area contributed by atoms with Gasteiger partial charge in [0.05, 0.1) is 4.92 Å². The van der Waals surface area contributed by atoms with Gasteiger partial charge in [0.25, 0.3) is 11.6 Å². The van der Waals surface area contributed by atoms with Gasteiger partial charge in [0.1, 0.15) is 17.9 Å². The average Bonchev–Trinajstić information content (AvgIpc) is 2.93. The molecule has 2 aromatic carbocycles. The number of nitrogens with one attached hydrogen (secondary N) is 2. The number of imide groups is 1. The molecule has 0 saturated carbocycles. The maximum absolute atomic E-state index is 13.2. The summed E-state index contributed by atoms with van der Waals surface area (Å²) in [6.07, 6.45) is 0.201. The van der Waals surface area contributed by atoms with Crippen molar-refractivity contribution in [1.29, 1.82) is 0 Å². The van der Waals surface area contributed by atoms with Crippen molar-refractivity contribution in [1.82, 2.24) is 10.2 Å². The topological polar surface area (TPSA) is 122 Å². The third-order valence-electron chi connectivity index (χ3n) is 4.69. The molecule has 0 aliphatic carbocycles. The predicted molar refractivity (Wildman–Crippen MR) is 100 cm³/mol. The van der Waals surface area contributed by atoms with Gasteiger partial charge < -0.3 is 10.6 Å². The van der Waals surface area contributed by atoms with E-state index in [-0.39, 0.29) is 17.8 Å². The molecule has 2 aromatic rings. The number of nitrogens with zero attached hydrogens (tertiary/aromatic N) is 2. The second-order valence-electron chi connectivity index (χ2n) is 6.44. The summed E-state index contributed by atoms with van der Waals surface area (Å²) in [5.74, 6) is -1.81. The molecule has 150 valence electrons. The Bertz CT molecular complexity index is 994. The molecule has 0 bridgehead atoms. The fourth-order valence-electron chi connectivity index (χ4n) is 3.18. The van der Waals surface area contributed by atoms with Crippen LogP contribution in [0.3, 0.4) is 0 Å². The number of rotatable bonds is 6. The summed E-state index contributed by atoms with van der Waals surface area (Å²) in [5, 5.41) is 15.9. The standard InChI is InChI=1S/C19H17FN4O5/c1-2-19(12-6-8-13(20)9-7-12)17(26)23(18(27)22-19)11-16(25)21-14-4-3-5-15(10-14)24(28)29/h3-10H,2,11H2,1H3,(H,21,25)(H,22,27). The molecule has 1 heterocycles. The zero-order valence-electron chi connectivity index (χ0n) is 15.3. The quantitative estimate of drug-likeness (QED) is 0.438. The van der Waals surface area contributed by atoms with Gasteiger partial charge in [-0.05, 0) is 30.2 Å². The van der Waals surface area contributed by atoms with Gasteiger partial charge in [-0.1, -0.05) is 25.1 Å². The van der Waals surface area contributed by atoms with Gasteiger partial charge in [-0.15, -0.1) is 0 Å². The number of hydrogen-bond donors (Lipinski definition) is 2. The molecule has 4 amide bonds. The Balaban J connectivity index is 1.77. The van der Waals surface area contributed by atoms with Crippen LogP contribution < -0.4 is 10.6 Å². The van der Waals surface area contributed by atoms with Gasteiger partial charge in [0.15, 0.2) is 0 Å². The molecular formula is C19H17FN4O5. The van der Waals surface area contributed by atoms with Crippen molar-refractivity contribution in [3.05, 3.63) is 70.0 Å². The third-order valence-corrected chi connectivity index (χ3v) is 4.69. The van der Waals surface area contributed by atoms with Crippen molar-refractivity contribution in [2.45, 2.75) is 18.9 Å². The number of urea groups is 1. The second kappa shape index (κ2) is 7.66. The molecule has 1 atom stereocenters. The van der Waals surface area contributed by atoms with Crippen LogP contribution in [-0.4, -0.2) is 34.2 Å². The summed E-state index contributed by atoms with van der Waals surface area (Å²) in [6, 6.07) is 9.71. The van der Waals surface area contributed by atoms with E-state index in [4.69, 9.17) is 0 Å². The van der Waals surface area contributed by atoms with Gasteiger partial charge in [-0.25, -0.2) is 9.18 Å². The summed E-state index contributed by atoms with van der Waals surface area (Å²) < 4.78 is 13.2. The highest BCUT2D eigenvalue weighted by Crippen LogP contribution is 2.32. The molecule has 1 aliphatic heterocycles. The van der Waals surface area contributed by atoms with Crippen LogP contribution in [0.25, 0.3) is 0 Å². The highest BCUT2D eigenvalue weighted by Gasteiger charge is 2.51. The highest BCUT2D eigenvalue weighted by atomic mass is 19.1. The summed E-state index contributed by atoms with van der Waals surface area (Å²) in [7, 11) is 0. The monoisotopic (exact) mass is 400 g/mol. The van der Waals surface area contributed by atoms with Crippen LogP contribution in [0.1, 0.15) is 18.9 Å². The first-order chi connectivity index (χ1) is 13.8. The SMILES string of the molecule is CCC1(c2ccc(F)cc2)NC(=O)N(CC(=O)Nc2cccc([N+](=O)[O-])c2)C1=O. The molecule has 9 nitrogen and oxygen atoms in total. The van der Waals surface area contributed by atoms with Crippen LogP contribution in [0.5, 0.6) is 0 Å². The number of amides is 4. The van der Waals surface area contributed by atoms with Crippen molar-refractivity contribution in [2.75, 3.05) is 11.9 Å². The number of carbonyl (C=O) groups excluding carboxylic acids is 3. The minimum Gasteiger partial charge on any atom is -0.324 e. The molecule has 0 spiro atoms. The van der Waals surface area contributed by atoms with E-state index in [0.717, 1.165) is 4.90 Å². The van der Waals surface area contributed by atoms with Crippen LogP contribution in [0.2, 0.25) is 0 Å². The summed E-state index contributed by atoms with van der Waals surface area (Å²) >= 11 is 0.